The molecule has 0 unspecified atom stereocenters. The highest BCUT2D eigenvalue weighted by Crippen LogP contribution is 2.32. The number of aromatic nitrogens is 1. The molecule has 0 amide bonds. The lowest BCUT2D eigenvalue weighted by Crippen LogP contribution is -2.39. The molecule has 0 aliphatic carbocycles. The van der Waals surface area contributed by atoms with Crippen molar-refractivity contribution < 1.29 is 23.7 Å². The maximum atomic E-state index is 13.7. The van der Waals surface area contributed by atoms with Gasteiger partial charge in [0.1, 0.15) is 23.9 Å². The Labute approximate surface area is 212 Å². The summed E-state index contributed by atoms with van der Waals surface area (Å²) < 4.78 is 23.4. The predicted molar refractivity (Wildman–Crippen MR) is 137 cm³/mol. The van der Waals surface area contributed by atoms with Crippen LogP contribution in [0.3, 0.4) is 0 Å². The van der Waals surface area contributed by atoms with E-state index in [0.717, 1.165) is 5.56 Å². The molecule has 0 fully saturated rings. The van der Waals surface area contributed by atoms with Gasteiger partial charge in [-0.1, -0.05) is 36.1 Å². The van der Waals surface area contributed by atoms with Gasteiger partial charge in [-0.2, -0.15) is 0 Å². The molecule has 8 nitrogen and oxygen atoms in total. The van der Waals surface area contributed by atoms with Crippen LogP contribution in [-0.4, -0.2) is 38.5 Å². The molecule has 0 saturated carbocycles. The topological polar surface area (TPSA) is 88.4 Å². The zero-order valence-corrected chi connectivity index (χ0v) is 21.3. The van der Waals surface area contributed by atoms with Crippen molar-refractivity contribution in [3.8, 4) is 17.2 Å². The van der Waals surface area contributed by atoms with Crippen molar-refractivity contribution >= 4 is 23.4 Å². The Hall–Kier alpha value is -4.11. The van der Waals surface area contributed by atoms with E-state index in [1.807, 2.05) is 18.2 Å². The van der Waals surface area contributed by atoms with Gasteiger partial charge in [0.15, 0.2) is 4.80 Å². The summed E-state index contributed by atoms with van der Waals surface area (Å²) in [7, 11) is 4.71. The Morgan fingerprint density at radius 3 is 2.42 bits per heavy atom. The maximum absolute atomic E-state index is 13.7. The predicted octanol–water partition coefficient (Wildman–Crippen LogP) is 2.99. The fraction of sp³-hybridized carbons (Fsp3) is 0.222. The lowest BCUT2D eigenvalue weighted by atomic mass is 9.96. The van der Waals surface area contributed by atoms with Gasteiger partial charge in [-0.3, -0.25) is 9.36 Å². The van der Waals surface area contributed by atoms with E-state index < -0.39 is 12.0 Å². The van der Waals surface area contributed by atoms with Gasteiger partial charge in [-0.25, -0.2) is 9.79 Å². The van der Waals surface area contributed by atoms with Crippen LogP contribution in [0, 0.1) is 0 Å². The molecular formula is C27H26N2O6S. The molecule has 186 valence electrons. The van der Waals surface area contributed by atoms with E-state index in [1.165, 1.54) is 22.0 Å². The van der Waals surface area contributed by atoms with Crippen molar-refractivity contribution in [3.63, 3.8) is 0 Å². The molecule has 2 heterocycles. The summed E-state index contributed by atoms with van der Waals surface area (Å²) in [4.78, 5) is 31.9. The molecule has 1 aromatic heterocycles. The molecule has 0 saturated heterocycles. The number of carbonyl (C=O) groups excluding carboxylic acids is 1. The average molecular weight is 507 g/mol. The van der Waals surface area contributed by atoms with Crippen LogP contribution in [0.2, 0.25) is 0 Å². The second-order valence-corrected chi connectivity index (χ2v) is 8.86. The van der Waals surface area contributed by atoms with Crippen LogP contribution < -0.4 is 29.1 Å². The number of thiazole rings is 1. The number of carbonyl (C=O) groups is 1. The molecule has 9 heteroatoms. The van der Waals surface area contributed by atoms with E-state index in [2.05, 4.69) is 11.6 Å². The van der Waals surface area contributed by atoms with Crippen molar-refractivity contribution in [3.05, 3.63) is 97.2 Å². The van der Waals surface area contributed by atoms with Crippen LogP contribution in [0.25, 0.3) is 6.08 Å². The number of nitrogens with zero attached hydrogens (tertiary/aromatic N) is 2. The van der Waals surface area contributed by atoms with Crippen molar-refractivity contribution in [2.24, 2.45) is 4.99 Å². The third-order valence-corrected chi connectivity index (χ3v) is 6.72. The summed E-state index contributed by atoms with van der Waals surface area (Å²) in [5.41, 5.74) is 1.94. The quantitative estimate of drug-likeness (QED) is 0.345. The van der Waals surface area contributed by atoms with Gasteiger partial charge in [-0.05, 0) is 42.8 Å². The number of ether oxygens (including phenoxy) is 4. The van der Waals surface area contributed by atoms with Gasteiger partial charge in [-0.15, -0.1) is 0 Å². The Balaban J connectivity index is 1.92. The number of hydrogen-bond donors (Lipinski definition) is 0. The molecule has 0 bridgehead atoms. The minimum absolute atomic E-state index is 0.0482. The molecule has 1 aliphatic rings. The van der Waals surface area contributed by atoms with Crippen molar-refractivity contribution in [2.45, 2.75) is 13.0 Å². The Kier molecular flexibility index (Phi) is 7.40. The second-order valence-electron chi connectivity index (χ2n) is 7.85. The van der Waals surface area contributed by atoms with Crippen molar-refractivity contribution in [1.29, 1.82) is 0 Å². The highest BCUT2D eigenvalue weighted by Gasteiger charge is 2.33. The number of methoxy groups -OCH3 is 3. The van der Waals surface area contributed by atoms with Gasteiger partial charge < -0.3 is 18.9 Å². The molecule has 0 spiro atoms. The SMILES string of the molecule is C=CCOC(=O)C1=C(C)N=c2s/c(=C\c3ccc(OC)cc3OC)c(=O)n2[C@H]1c1ccc(OC)cc1. The van der Waals surface area contributed by atoms with E-state index in [-0.39, 0.29) is 12.2 Å². The molecule has 1 atom stereocenters. The first-order valence-corrected chi connectivity index (χ1v) is 11.9. The standard InChI is InChI=1S/C27H26N2O6S/c1-6-13-35-26(31)23-16(2)28-27-29(24(23)17-7-10-19(32-3)11-8-17)25(30)22(36-27)14-18-9-12-20(33-4)15-21(18)34-5/h6-12,14-15,24H,1,13H2,2-5H3/b22-14-/t24-/m0/s1. The number of esters is 1. The first kappa shape index (κ1) is 25.0. The molecule has 2 aromatic carbocycles. The summed E-state index contributed by atoms with van der Waals surface area (Å²) in [6.07, 6.45) is 3.25. The van der Waals surface area contributed by atoms with Gasteiger partial charge in [0.25, 0.3) is 5.56 Å². The van der Waals surface area contributed by atoms with Crippen molar-refractivity contribution in [2.75, 3.05) is 27.9 Å². The van der Waals surface area contributed by atoms with E-state index in [1.54, 1.807) is 58.6 Å². The summed E-state index contributed by atoms with van der Waals surface area (Å²) >= 11 is 1.24. The number of allylic oxidation sites excluding steroid dienone is 1. The number of rotatable bonds is 8. The Morgan fingerprint density at radius 2 is 1.78 bits per heavy atom. The first-order valence-electron chi connectivity index (χ1n) is 11.1. The van der Waals surface area contributed by atoms with E-state index >= 15 is 0 Å². The number of hydrogen-bond acceptors (Lipinski definition) is 8. The minimum Gasteiger partial charge on any atom is -0.497 e. The van der Waals surface area contributed by atoms with E-state index in [9.17, 15) is 9.59 Å². The zero-order chi connectivity index (χ0) is 25.8. The van der Waals surface area contributed by atoms with E-state index in [4.69, 9.17) is 18.9 Å². The molecule has 36 heavy (non-hydrogen) atoms. The summed E-state index contributed by atoms with van der Waals surface area (Å²) in [5, 5.41) is 0. The minimum atomic E-state index is -0.718. The van der Waals surface area contributed by atoms with Crippen LogP contribution in [0.15, 0.2) is 76.2 Å². The van der Waals surface area contributed by atoms with Gasteiger partial charge in [0, 0.05) is 11.6 Å². The molecular weight excluding hydrogens is 480 g/mol. The van der Waals surface area contributed by atoms with Crippen LogP contribution in [-0.2, 0) is 9.53 Å². The van der Waals surface area contributed by atoms with Crippen LogP contribution in [0.5, 0.6) is 17.2 Å². The zero-order valence-electron chi connectivity index (χ0n) is 20.4. The highest BCUT2D eigenvalue weighted by atomic mass is 32.1. The average Bonchev–Trinajstić information content (AvgIpc) is 3.20. The lowest BCUT2D eigenvalue weighted by molar-refractivity contribution is -0.138. The third kappa shape index (κ3) is 4.70. The molecule has 0 radical (unpaired) electrons. The lowest BCUT2D eigenvalue weighted by Gasteiger charge is -2.24. The fourth-order valence-electron chi connectivity index (χ4n) is 3.98. The summed E-state index contributed by atoms with van der Waals surface area (Å²) in [6.45, 7) is 5.39. The molecule has 4 rings (SSSR count). The van der Waals surface area contributed by atoms with E-state index in [0.29, 0.717) is 43.4 Å². The van der Waals surface area contributed by atoms with Gasteiger partial charge in [0.2, 0.25) is 0 Å². The molecule has 3 aromatic rings. The first-order chi connectivity index (χ1) is 17.4. The number of fused-ring (bicyclic) bond motifs is 1. The smallest absolute Gasteiger partial charge is 0.338 e. The van der Waals surface area contributed by atoms with Crippen LogP contribution >= 0.6 is 11.3 Å². The maximum Gasteiger partial charge on any atom is 0.338 e. The third-order valence-electron chi connectivity index (χ3n) is 5.73. The largest absolute Gasteiger partial charge is 0.497 e. The Morgan fingerprint density at radius 1 is 1.08 bits per heavy atom. The molecule has 1 aliphatic heterocycles. The van der Waals surface area contributed by atoms with Crippen LogP contribution in [0.1, 0.15) is 24.1 Å². The van der Waals surface area contributed by atoms with Crippen LogP contribution in [0.4, 0.5) is 0 Å². The second kappa shape index (κ2) is 10.7. The Bertz CT molecular complexity index is 1520. The highest BCUT2D eigenvalue weighted by molar-refractivity contribution is 7.07. The van der Waals surface area contributed by atoms with Gasteiger partial charge >= 0.3 is 5.97 Å². The molecule has 0 N–H and O–H groups in total. The van der Waals surface area contributed by atoms with Crippen molar-refractivity contribution in [1.82, 2.24) is 4.57 Å². The summed E-state index contributed by atoms with van der Waals surface area (Å²) in [6, 6.07) is 11.9. The normalized spacial score (nSPS) is 15.1. The van der Waals surface area contributed by atoms with Gasteiger partial charge in [0.05, 0.1) is 43.2 Å². The fourth-order valence-corrected chi connectivity index (χ4v) is 5.01. The monoisotopic (exact) mass is 506 g/mol. The number of benzene rings is 2. The summed E-state index contributed by atoms with van der Waals surface area (Å²) in [5.74, 6) is 1.32.